The van der Waals surface area contributed by atoms with E-state index in [9.17, 15) is 9.59 Å². The number of amides is 2. The van der Waals surface area contributed by atoms with Crippen molar-refractivity contribution in [2.75, 3.05) is 5.32 Å². The minimum Gasteiger partial charge on any atom is -0.310 e. The molecule has 2 heterocycles. The van der Waals surface area contributed by atoms with Crippen LogP contribution in [0.2, 0.25) is 0 Å². The van der Waals surface area contributed by atoms with Gasteiger partial charge in [0, 0.05) is 11.4 Å². The smallest absolute Gasteiger partial charge is 0.281 e. The molecule has 0 spiro atoms. The van der Waals surface area contributed by atoms with Gasteiger partial charge in [-0.2, -0.15) is 5.10 Å². The van der Waals surface area contributed by atoms with Crippen molar-refractivity contribution in [3.05, 3.63) is 46.3 Å². The molecule has 0 aromatic carbocycles. The normalized spacial score (nSPS) is 11.1. The number of hydrazone groups is 1. The van der Waals surface area contributed by atoms with Crippen LogP contribution in [0, 0.1) is 6.92 Å². The minimum absolute atomic E-state index is 0.0837. The molecule has 114 valence electrons. The molecule has 2 N–H and O–H groups in total. The van der Waals surface area contributed by atoms with Crippen LogP contribution >= 0.6 is 11.3 Å². The third-order valence-corrected chi connectivity index (χ3v) is 3.53. The van der Waals surface area contributed by atoms with Gasteiger partial charge in [0.05, 0.1) is 11.3 Å². The number of anilines is 1. The van der Waals surface area contributed by atoms with Crippen LogP contribution in [-0.4, -0.2) is 22.5 Å². The Morgan fingerprint density at radius 1 is 1.27 bits per heavy atom. The van der Waals surface area contributed by atoms with E-state index < -0.39 is 0 Å². The van der Waals surface area contributed by atoms with Crippen molar-refractivity contribution in [3.63, 3.8) is 0 Å². The van der Waals surface area contributed by atoms with E-state index in [0.717, 1.165) is 5.69 Å². The quantitative estimate of drug-likeness (QED) is 0.657. The lowest BCUT2D eigenvalue weighted by molar-refractivity contribution is -0.115. The SMILES string of the molecule is C/C(CC(=O)Nc1cccc(C)n1)=N/NC(=O)c1cccs1. The van der Waals surface area contributed by atoms with Crippen molar-refractivity contribution in [2.45, 2.75) is 20.3 Å². The Balaban J connectivity index is 1.85. The molecule has 0 unspecified atom stereocenters. The van der Waals surface area contributed by atoms with Crippen LogP contribution in [0.5, 0.6) is 0 Å². The number of thiophene rings is 1. The Bertz CT molecular complexity index is 695. The zero-order chi connectivity index (χ0) is 15.9. The molecule has 0 fully saturated rings. The van der Waals surface area contributed by atoms with Crippen molar-refractivity contribution in [2.24, 2.45) is 5.10 Å². The molecule has 2 aromatic heterocycles. The van der Waals surface area contributed by atoms with E-state index in [4.69, 9.17) is 0 Å². The lowest BCUT2D eigenvalue weighted by Crippen LogP contribution is -2.21. The number of aromatic nitrogens is 1. The summed E-state index contributed by atoms with van der Waals surface area (Å²) in [6.07, 6.45) is 0.0837. The molecule has 0 aliphatic rings. The molecular weight excluding hydrogens is 300 g/mol. The molecule has 2 rings (SSSR count). The highest BCUT2D eigenvalue weighted by Gasteiger charge is 2.08. The average molecular weight is 316 g/mol. The molecule has 0 aliphatic heterocycles. The van der Waals surface area contributed by atoms with Crippen LogP contribution < -0.4 is 10.7 Å². The maximum atomic E-state index is 11.9. The molecule has 7 heteroatoms. The van der Waals surface area contributed by atoms with Gasteiger partial charge in [0.2, 0.25) is 5.91 Å². The van der Waals surface area contributed by atoms with E-state index >= 15 is 0 Å². The summed E-state index contributed by atoms with van der Waals surface area (Å²) in [4.78, 5) is 28.3. The number of carbonyl (C=O) groups is 2. The molecule has 2 amide bonds. The fraction of sp³-hybridized carbons (Fsp3) is 0.200. The van der Waals surface area contributed by atoms with Gasteiger partial charge in [-0.05, 0) is 37.4 Å². The topological polar surface area (TPSA) is 83.4 Å². The minimum atomic E-state index is -0.282. The van der Waals surface area contributed by atoms with Gasteiger partial charge in [-0.1, -0.05) is 12.1 Å². The average Bonchev–Trinajstić information content (AvgIpc) is 2.98. The predicted octanol–water partition coefficient (Wildman–Crippen LogP) is 2.59. The van der Waals surface area contributed by atoms with Crippen molar-refractivity contribution < 1.29 is 9.59 Å². The zero-order valence-electron chi connectivity index (χ0n) is 12.3. The molecule has 0 bridgehead atoms. The van der Waals surface area contributed by atoms with Gasteiger partial charge in [0.25, 0.3) is 5.91 Å². The molecule has 0 radical (unpaired) electrons. The number of nitrogens with zero attached hydrogens (tertiary/aromatic N) is 2. The second kappa shape index (κ2) is 7.46. The van der Waals surface area contributed by atoms with Gasteiger partial charge in [-0.25, -0.2) is 10.4 Å². The number of aryl methyl sites for hydroxylation is 1. The van der Waals surface area contributed by atoms with Gasteiger partial charge >= 0.3 is 0 Å². The fourth-order valence-corrected chi connectivity index (χ4v) is 2.29. The molecule has 0 atom stereocenters. The Kier molecular flexibility index (Phi) is 5.37. The van der Waals surface area contributed by atoms with Crippen molar-refractivity contribution in [3.8, 4) is 0 Å². The zero-order valence-corrected chi connectivity index (χ0v) is 13.1. The first kappa shape index (κ1) is 15.8. The van der Waals surface area contributed by atoms with Crippen molar-refractivity contribution in [1.29, 1.82) is 0 Å². The van der Waals surface area contributed by atoms with Gasteiger partial charge in [-0.15, -0.1) is 11.3 Å². The maximum absolute atomic E-state index is 11.9. The molecule has 0 saturated heterocycles. The number of pyridine rings is 1. The number of hydrogen-bond donors (Lipinski definition) is 2. The van der Waals surface area contributed by atoms with Gasteiger partial charge in [0.1, 0.15) is 5.82 Å². The van der Waals surface area contributed by atoms with Crippen LogP contribution in [-0.2, 0) is 4.79 Å². The number of hydrogen-bond acceptors (Lipinski definition) is 5. The van der Waals surface area contributed by atoms with Crippen LogP contribution in [0.1, 0.15) is 28.7 Å². The summed E-state index contributed by atoms with van der Waals surface area (Å²) in [6, 6.07) is 8.89. The largest absolute Gasteiger partial charge is 0.310 e. The molecule has 0 saturated carbocycles. The van der Waals surface area contributed by atoms with E-state index in [1.807, 2.05) is 24.4 Å². The van der Waals surface area contributed by atoms with Gasteiger partial charge in [0.15, 0.2) is 0 Å². The second-order valence-corrected chi connectivity index (χ2v) is 5.60. The van der Waals surface area contributed by atoms with Gasteiger partial charge in [-0.3, -0.25) is 9.59 Å². The molecule has 2 aromatic rings. The number of nitrogens with one attached hydrogen (secondary N) is 2. The summed E-state index contributed by atoms with van der Waals surface area (Å²) in [7, 11) is 0. The van der Waals surface area contributed by atoms with Crippen molar-refractivity contribution in [1.82, 2.24) is 10.4 Å². The molecule has 6 nitrogen and oxygen atoms in total. The first-order valence-corrected chi connectivity index (χ1v) is 7.53. The lowest BCUT2D eigenvalue weighted by atomic mass is 10.3. The molecule has 0 aliphatic carbocycles. The second-order valence-electron chi connectivity index (χ2n) is 4.65. The van der Waals surface area contributed by atoms with E-state index in [1.165, 1.54) is 11.3 Å². The van der Waals surface area contributed by atoms with E-state index in [-0.39, 0.29) is 18.2 Å². The number of carbonyl (C=O) groups excluding carboxylic acids is 2. The summed E-state index contributed by atoms with van der Waals surface area (Å²) < 4.78 is 0. The summed E-state index contributed by atoms with van der Waals surface area (Å²) in [6.45, 7) is 3.53. The first-order chi connectivity index (χ1) is 10.5. The molecular formula is C15H16N4O2S. The number of rotatable bonds is 5. The summed E-state index contributed by atoms with van der Waals surface area (Å²) in [5.74, 6) is -0.0137. The van der Waals surface area contributed by atoms with E-state index in [1.54, 1.807) is 25.1 Å². The highest BCUT2D eigenvalue weighted by atomic mass is 32.1. The Morgan fingerprint density at radius 2 is 2.09 bits per heavy atom. The summed E-state index contributed by atoms with van der Waals surface area (Å²) in [5, 5.41) is 8.42. The highest BCUT2D eigenvalue weighted by Crippen LogP contribution is 2.08. The van der Waals surface area contributed by atoms with Crippen LogP contribution in [0.25, 0.3) is 0 Å². The predicted molar refractivity (Wildman–Crippen MR) is 87.1 cm³/mol. The Labute approximate surface area is 132 Å². The van der Waals surface area contributed by atoms with E-state index in [0.29, 0.717) is 16.4 Å². The van der Waals surface area contributed by atoms with Crippen LogP contribution in [0.3, 0.4) is 0 Å². The fourth-order valence-electron chi connectivity index (χ4n) is 1.68. The van der Waals surface area contributed by atoms with Crippen LogP contribution in [0.15, 0.2) is 40.8 Å². The highest BCUT2D eigenvalue weighted by molar-refractivity contribution is 7.12. The Morgan fingerprint density at radius 3 is 2.77 bits per heavy atom. The third-order valence-electron chi connectivity index (χ3n) is 2.67. The first-order valence-electron chi connectivity index (χ1n) is 6.65. The van der Waals surface area contributed by atoms with Crippen molar-refractivity contribution >= 4 is 34.7 Å². The van der Waals surface area contributed by atoms with Crippen LogP contribution in [0.4, 0.5) is 5.82 Å². The van der Waals surface area contributed by atoms with Gasteiger partial charge < -0.3 is 5.32 Å². The standard InChI is InChI=1S/C15H16N4O2S/c1-10-5-3-7-13(16-10)17-14(20)9-11(2)18-19-15(21)12-6-4-8-22-12/h3-8H,9H2,1-2H3,(H,19,21)(H,16,17,20)/b18-11-. The lowest BCUT2D eigenvalue weighted by Gasteiger charge is -2.05. The Hall–Kier alpha value is -2.54. The summed E-state index contributed by atoms with van der Waals surface area (Å²) >= 11 is 1.33. The maximum Gasteiger partial charge on any atom is 0.281 e. The monoisotopic (exact) mass is 316 g/mol. The third kappa shape index (κ3) is 4.78. The molecule has 22 heavy (non-hydrogen) atoms. The van der Waals surface area contributed by atoms with E-state index in [2.05, 4.69) is 20.8 Å². The summed E-state index contributed by atoms with van der Waals surface area (Å²) in [5.41, 5.74) is 3.76.